The van der Waals surface area contributed by atoms with E-state index in [0.29, 0.717) is 0 Å². The molecule has 2 heterocycles. The first-order valence-electron chi connectivity index (χ1n) is 8.13. The highest BCUT2D eigenvalue weighted by Gasteiger charge is 2.22. The van der Waals surface area contributed by atoms with E-state index in [1.165, 1.54) is 17.1 Å². The van der Waals surface area contributed by atoms with Gasteiger partial charge in [-0.15, -0.1) is 24.8 Å². The Bertz CT molecular complexity index is 533. The summed E-state index contributed by atoms with van der Waals surface area (Å²) in [6.45, 7) is 7.11. The predicted octanol–water partition coefficient (Wildman–Crippen LogP) is 2.94. The maximum absolute atomic E-state index is 12.3. The number of hydrogen-bond acceptors (Lipinski definition) is 4. The molecule has 0 bridgehead atoms. The normalized spacial score (nSPS) is 20.8. The van der Waals surface area contributed by atoms with Gasteiger partial charge in [0.2, 0.25) is 5.91 Å². The Kier molecular flexibility index (Phi) is 9.45. The summed E-state index contributed by atoms with van der Waals surface area (Å²) in [5.41, 5.74) is 3.40. The van der Waals surface area contributed by atoms with Crippen molar-refractivity contribution in [3.05, 3.63) is 29.3 Å². The lowest BCUT2D eigenvalue weighted by Crippen LogP contribution is -2.32. The fraction of sp³-hybridized carbons (Fsp3) is 0.588. The molecule has 2 N–H and O–H groups in total. The van der Waals surface area contributed by atoms with E-state index in [1.807, 2.05) is 11.8 Å². The molecular formula is C17H27Cl2N3OS. The molecule has 0 aliphatic carbocycles. The Morgan fingerprint density at radius 3 is 2.75 bits per heavy atom. The number of carbonyl (C=O) groups excluding carboxylic acids is 1. The van der Waals surface area contributed by atoms with E-state index in [4.69, 9.17) is 0 Å². The number of carbonyl (C=O) groups is 1. The maximum Gasteiger partial charge on any atom is 0.228 e. The van der Waals surface area contributed by atoms with Crippen molar-refractivity contribution in [3.63, 3.8) is 0 Å². The third-order valence-corrected chi connectivity index (χ3v) is 5.44. The van der Waals surface area contributed by atoms with Crippen molar-refractivity contribution in [3.8, 4) is 0 Å². The summed E-state index contributed by atoms with van der Waals surface area (Å²) in [5, 5.41) is 6.38. The third kappa shape index (κ3) is 5.81. The van der Waals surface area contributed by atoms with Crippen LogP contribution in [0.15, 0.2) is 18.2 Å². The van der Waals surface area contributed by atoms with Gasteiger partial charge in [0.25, 0.3) is 0 Å². The quantitative estimate of drug-likeness (QED) is 0.827. The smallest absolute Gasteiger partial charge is 0.228 e. The number of nitrogens with zero attached hydrogens (tertiary/aromatic N) is 1. The van der Waals surface area contributed by atoms with Crippen molar-refractivity contribution in [2.45, 2.75) is 19.9 Å². The molecule has 0 radical (unpaired) electrons. The Balaban J connectivity index is 0.00000144. The molecule has 2 aliphatic rings. The second kappa shape index (κ2) is 10.5. The average Bonchev–Trinajstić information content (AvgIpc) is 3.06. The number of anilines is 1. The van der Waals surface area contributed by atoms with Gasteiger partial charge in [-0.1, -0.05) is 12.1 Å². The molecule has 1 aromatic carbocycles. The molecule has 1 aromatic rings. The fourth-order valence-corrected chi connectivity index (χ4v) is 4.01. The van der Waals surface area contributed by atoms with Gasteiger partial charge in [-0.2, -0.15) is 11.8 Å². The molecule has 7 heteroatoms. The molecule has 0 spiro atoms. The zero-order chi connectivity index (χ0) is 15.4. The lowest BCUT2D eigenvalue weighted by molar-refractivity contribution is -0.119. The highest BCUT2D eigenvalue weighted by Crippen LogP contribution is 2.21. The fourth-order valence-electron chi connectivity index (χ4n) is 3.03. The van der Waals surface area contributed by atoms with E-state index < -0.39 is 0 Å². The Hall–Kier alpha value is -0.460. The Labute approximate surface area is 161 Å². The molecule has 1 amide bonds. The van der Waals surface area contributed by atoms with Crippen molar-refractivity contribution >= 4 is 48.2 Å². The van der Waals surface area contributed by atoms with Crippen LogP contribution in [0.3, 0.4) is 0 Å². The number of benzene rings is 1. The van der Waals surface area contributed by atoms with Gasteiger partial charge in [0.1, 0.15) is 0 Å². The molecule has 4 nitrogen and oxygen atoms in total. The van der Waals surface area contributed by atoms with Crippen LogP contribution in [0.25, 0.3) is 0 Å². The summed E-state index contributed by atoms with van der Waals surface area (Å²) >= 11 is 2.03. The van der Waals surface area contributed by atoms with Crippen molar-refractivity contribution in [1.29, 1.82) is 0 Å². The third-order valence-electron chi connectivity index (χ3n) is 4.50. The van der Waals surface area contributed by atoms with Crippen molar-refractivity contribution in [2.75, 3.05) is 43.0 Å². The molecule has 2 saturated heterocycles. The highest BCUT2D eigenvalue weighted by atomic mass is 35.5. The summed E-state index contributed by atoms with van der Waals surface area (Å²) in [5.74, 6) is 2.72. The second-order valence-electron chi connectivity index (χ2n) is 6.22. The first kappa shape index (κ1) is 21.6. The minimum Gasteiger partial charge on any atom is -0.326 e. The average molecular weight is 392 g/mol. The van der Waals surface area contributed by atoms with Crippen LogP contribution in [-0.2, 0) is 11.3 Å². The maximum atomic E-state index is 12.3. The van der Waals surface area contributed by atoms with E-state index in [9.17, 15) is 4.79 Å². The van der Waals surface area contributed by atoms with E-state index >= 15 is 0 Å². The predicted molar refractivity (Wildman–Crippen MR) is 108 cm³/mol. The van der Waals surface area contributed by atoms with Crippen molar-refractivity contribution < 1.29 is 4.79 Å². The van der Waals surface area contributed by atoms with E-state index in [1.54, 1.807) is 0 Å². The summed E-state index contributed by atoms with van der Waals surface area (Å²) in [6.07, 6.45) is 0.940. The van der Waals surface area contributed by atoms with Crippen LogP contribution in [0.1, 0.15) is 17.5 Å². The van der Waals surface area contributed by atoms with Crippen LogP contribution in [0, 0.1) is 12.8 Å². The highest BCUT2D eigenvalue weighted by molar-refractivity contribution is 7.99. The molecule has 2 fully saturated rings. The number of rotatable bonds is 4. The summed E-state index contributed by atoms with van der Waals surface area (Å²) in [6, 6.07) is 6.46. The zero-order valence-electron chi connectivity index (χ0n) is 14.0. The van der Waals surface area contributed by atoms with Crippen LogP contribution >= 0.6 is 36.6 Å². The minimum atomic E-state index is 0. The number of hydrogen-bond donors (Lipinski definition) is 2. The lowest BCUT2D eigenvalue weighted by atomic mass is 10.1. The number of nitrogens with one attached hydrogen (secondary N) is 2. The number of aryl methyl sites for hydroxylation is 1. The topological polar surface area (TPSA) is 44.4 Å². The van der Waals surface area contributed by atoms with Gasteiger partial charge in [-0.25, -0.2) is 0 Å². The SMILES string of the molecule is Cc1ccc(CN2CCSCC2)cc1NC(=O)C1CCNC1.Cl.Cl. The second-order valence-corrected chi connectivity index (χ2v) is 7.44. The van der Waals surface area contributed by atoms with Gasteiger partial charge in [0.15, 0.2) is 0 Å². The minimum absolute atomic E-state index is 0. The lowest BCUT2D eigenvalue weighted by Gasteiger charge is -2.26. The Morgan fingerprint density at radius 2 is 2.08 bits per heavy atom. The number of amides is 1. The van der Waals surface area contributed by atoms with Gasteiger partial charge in [0.05, 0.1) is 5.92 Å². The molecule has 136 valence electrons. The molecule has 3 rings (SSSR count). The largest absolute Gasteiger partial charge is 0.326 e. The van der Waals surface area contributed by atoms with Crippen LogP contribution < -0.4 is 10.6 Å². The molecule has 24 heavy (non-hydrogen) atoms. The summed E-state index contributed by atoms with van der Waals surface area (Å²) < 4.78 is 0. The number of halogens is 2. The van der Waals surface area contributed by atoms with Gasteiger partial charge in [-0.3, -0.25) is 9.69 Å². The van der Waals surface area contributed by atoms with E-state index in [-0.39, 0.29) is 36.6 Å². The molecule has 1 unspecified atom stereocenters. The van der Waals surface area contributed by atoms with Crippen LogP contribution in [0.4, 0.5) is 5.69 Å². The van der Waals surface area contributed by atoms with Gasteiger partial charge in [0, 0.05) is 43.4 Å². The molecule has 2 aliphatic heterocycles. The van der Waals surface area contributed by atoms with Gasteiger partial charge >= 0.3 is 0 Å². The van der Waals surface area contributed by atoms with Crippen LogP contribution in [-0.4, -0.2) is 48.5 Å². The van der Waals surface area contributed by atoms with Gasteiger partial charge < -0.3 is 10.6 Å². The van der Waals surface area contributed by atoms with E-state index in [0.717, 1.165) is 50.4 Å². The van der Waals surface area contributed by atoms with E-state index in [2.05, 4.69) is 40.7 Å². The summed E-state index contributed by atoms with van der Waals surface area (Å²) in [7, 11) is 0. The van der Waals surface area contributed by atoms with Crippen molar-refractivity contribution in [2.24, 2.45) is 5.92 Å². The molecule has 0 aromatic heterocycles. The zero-order valence-corrected chi connectivity index (χ0v) is 16.5. The molecular weight excluding hydrogens is 365 g/mol. The van der Waals surface area contributed by atoms with Crippen LogP contribution in [0.5, 0.6) is 0 Å². The van der Waals surface area contributed by atoms with Gasteiger partial charge in [-0.05, 0) is 37.1 Å². The summed E-state index contributed by atoms with van der Waals surface area (Å²) in [4.78, 5) is 14.8. The number of thioether (sulfide) groups is 1. The first-order valence-corrected chi connectivity index (χ1v) is 9.29. The Morgan fingerprint density at radius 1 is 1.33 bits per heavy atom. The molecule has 0 saturated carbocycles. The molecule has 1 atom stereocenters. The van der Waals surface area contributed by atoms with Crippen LogP contribution in [0.2, 0.25) is 0 Å². The monoisotopic (exact) mass is 391 g/mol. The standard InChI is InChI=1S/C17H25N3OS.2ClH/c1-13-2-3-14(12-20-6-8-22-9-7-20)10-16(13)19-17(21)15-4-5-18-11-15;;/h2-3,10,15,18H,4-9,11-12H2,1H3,(H,19,21);2*1H. The van der Waals surface area contributed by atoms with Crippen molar-refractivity contribution in [1.82, 2.24) is 10.2 Å². The first-order chi connectivity index (χ1) is 10.7.